The van der Waals surface area contributed by atoms with Gasteiger partial charge in [0.25, 0.3) is 20.1 Å². The Morgan fingerprint density at radius 1 is 0.228 bits per heavy atom. The summed E-state index contributed by atoms with van der Waals surface area (Å²) in [5.74, 6) is 0.897. The minimum atomic E-state index is -0.426. The number of hydrogen-bond acceptors (Lipinski definition) is 11. The fourth-order valence-corrected chi connectivity index (χ4v) is 20.5. The van der Waals surface area contributed by atoms with Crippen molar-refractivity contribution in [3.8, 4) is 23.3 Å². The van der Waals surface area contributed by atoms with Gasteiger partial charge in [-0.2, -0.15) is 10.5 Å². The summed E-state index contributed by atoms with van der Waals surface area (Å²) in [5.41, 5.74) is 34.7. The highest BCUT2D eigenvalue weighted by Crippen LogP contribution is 2.56. The zero-order chi connectivity index (χ0) is 81.3. The van der Waals surface area contributed by atoms with Crippen LogP contribution in [0, 0.1) is 22.7 Å². The first-order chi connectivity index (χ1) is 61.0. The zero-order valence-corrected chi connectivity index (χ0v) is 66.6. The molecule has 0 atom stereocenters. The number of para-hydroxylation sites is 12. The van der Waals surface area contributed by atoms with Gasteiger partial charge in [-0.1, -0.05) is 249 Å². The van der Waals surface area contributed by atoms with Gasteiger partial charge in [-0.15, -0.1) is 0 Å². The molecule has 0 saturated carbocycles. The largest absolute Gasteiger partial charge is 0.311 e. The number of anilines is 24. The summed E-state index contributed by atoms with van der Waals surface area (Å²) in [7, 11) is 0. The van der Waals surface area contributed by atoms with Crippen LogP contribution in [0.5, 0.6) is 0 Å². The van der Waals surface area contributed by atoms with Crippen molar-refractivity contribution in [1.29, 1.82) is 10.5 Å². The lowest BCUT2D eigenvalue weighted by Gasteiger charge is -2.48. The first-order valence-electron chi connectivity index (χ1n) is 41.8. The van der Waals surface area contributed by atoms with Gasteiger partial charge in [-0.3, -0.25) is 4.90 Å². The standard InChI is InChI=1S/C109H70B3N11/c113-71-85-98(116(75-35-9-1-10-36-75)76-37-11-2-12-38-76)68-102-104-107(85)121(81-47-21-7-22-48-81)94-57-30-26-53-88(94)111(104)91-67-92-101(70-100(91)119(102)79-43-17-5-18-44-79)120(80-45-19-6-20-46-80)103-69-99(86(72-114)108-105(103)112(92)89-54-27-31-58-95(89)122(108)82-49-23-8-24-50-82)117(77-39-13-3-14-40-77)83-62-60-73(61-63-83)74-34-33-51-84(66-74)123-96-59-32-28-55-90(96)110-87-52-25-29-56-93(87)118(78-41-15-4-16-42-78)97-64-65-115-109(123)106(97)110/h1-70H. The third-order valence-electron chi connectivity index (χ3n) is 25.4. The summed E-state index contributed by atoms with van der Waals surface area (Å²) in [6.07, 6.45) is 1.96. The second-order valence-corrected chi connectivity index (χ2v) is 31.9. The Bertz CT molecular complexity index is 7310. The Kier molecular flexibility index (Phi) is 16.5. The summed E-state index contributed by atoms with van der Waals surface area (Å²) in [4.78, 5) is 24.2. The van der Waals surface area contributed by atoms with Crippen molar-refractivity contribution >= 4 is 206 Å². The maximum Gasteiger partial charge on any atom is 0.254 e. The molecule has 0 aliphatic carbocycles. The van der Waals surface area contributed by atoms with Crippen molar-refractivity contribution in [2.24, 2.45) is 0 Å². The molecule has 0 amide bonds. The third kappa shape index (κ3) is 10.9. The second-order valence-electron chi connectivity index (χ2n) is 31.9. The van der Waals surface area contributed by atoms with Gasteiger partial charge in [0.2, 0.25) is 0 Å². The molecule has 14 heteroatoms. The van der Waals surface area contributed by atoms with E-state index in [0.29, 0.717) is 16.8 Å². The number of rotatable bonds is 13. The van der Waals surface area contributed by atoms with Gasteiger partial charge >= 0.3 is 0 Å². The van der Waals surface area contributed by atoms with Crippen molar-refractivity contribution in [3.63, 3.8) is 0 Å². The molecule has 0 spiro atoms. The summed E-state index contributed by atoms with van der Waals surface area (Å²) < 4.78 is 0. The summed E-state index contributed by atoms with van der Waals surface area (Å²) >= 11 is 0. The van der Waals surface area contributed by atoms with E-state index in [1.54, 1.807) is 0 Å². The first kappa shape index (κ1) is 70.7. The van der Waals surface area contributed by atoms with Gasteiger partial charge in [0, 0.05) is 114 Å². The Morgan fingerprint density at radius 2 is 0.553 bits per heavy atom. The van der Waals surface area contributed by atoms with E-state index in [-0.39, 0.29) is 6.71 Å². The van der Waals surface area contributed by atoms with Crippen LogP contribution < -0.4 is 88.4 Å². The fraction of sp³-hybridized carbons (Fsp3) is 0. The summed E-state index contributed by atoms with van der Waals surface area (Å²) in [6, 6.07) is 155. The lowest BCUT2D eigenvalue weighted by molar-refractivity contribution is 1.17. The average Bonchev–Trinajstić information content (AvgIpc) is 0.676. The van der Waals surface area contributed by atoms with Crippen LogP contribution in [-0.2, 0) is 0 Å². The Labute approximate surface area is 715 Å². The quantitative estimate of drug-likeness (QED) is 0.103. The van der Waals surface area contributed by atoms with E-state index >= 15 is 0 Å². The van der Waals surface area contributed by atoms with Crippen LogP contribution in [0.1, 0.15) is 11.1 Å². The van der Waals surface area contributed by atoms with Crippen LogP contribution in [0.4, 0.5) is 137 Å². The van der Waals surface area contributed by atoms with Crippen molar-refractivity contribution in [3.05, 3.63) is 436 Å². The molecule has 0 bridgehead atoms. The molecule has 0 fully saturated rings. The van der Waals surface area contributed by atoms with Gasteiger partial charge < -0.3 is 34.3 Å². The highest BCUT2D eigenvalue weighted by molar-refractivity contribution is 7.03. The van der Waals surface area contributed by atoms with E-state index in [4.69, 9.17) is 4.98 Å². The third-order valence-corrected chi connectivity index (χ3v) is 25.4. The van der Waals surface area contributed by atoms with Gasteiger partial charge in [-0.05, 0) is 230 Å². The minimum absolute atomic E-state index is 0.0425. The van der Waals surface area contributed by atoms with Gasteiger partial charge in [0.15, 0.2) is 0 Å². The normalized spacial score (nSPS) is 13.0. The number of fused-ring (bicyclic) bond motifs is 12. The molecule has 17 aromatic carbocycles. The smallest absolute Gasteiger partial charge is 0.254 e. The molecule has 123 heavy (non-hydrogen) atoms. The minimum Gasteiger partial charge on any atom is -0.311 e. The Balaban J connectivity index is 0.721. The van der Waals surface area contributed by atoms with Crippen LogP contribution >= 0.6 is 0 Å². The molecule has 11 nitrogen and oxygen atoms in total. The van der Waals surface area contributed by atoms with Crippen LogP contribution in [0.15, 0.2) is 425 Å². The fourth-order valence-electron chi connectivity index (χ4n) is 20.5. The highest BCUT2D eigenvalue weighted by atomic mass is 15.3. The van der Waals surface area contributed by atoms with E-state index in [0.717, 1.165) is 180 Å². The second kappa shape index (κ2) is 28.6. The molecular weight excluding hydrogens is 1500 g/mol. The monoisotopic (exact) mass is 1570 g/mol. The van der Waals surface area contributed by atoms with Gasteiger partial charge in [0.05, 0.1) is 33.9 Å². The number of nitriles is 2. The molecule has 7 heterocycles. The highest BCUT2D eigenvalue weighted by Gasteiger charge is 2.52. The van der Waals surface area contributed by atoms with Crippen molar-refractivity contribution in [1.82, 2.24) is 4.98 Å². The molecule has 0 radical (unpaired) electrons. The lowest BCUT2D eigenvalue weighted by Crippen LogP contribution is -2.65. The van der Waals surface area contributed by atoms with Crippen molar-refractivity contribution in [2.75, 3.05) is 39.2 Å². The van der Waals surface area contributed by atoms with Gasteiger partial charge in [-0.25, -0.2) is 4.98 Å². The van der Waals surface area contributed by atoms with Gasteiger partial charge in [0.1, 0.15) is 18.0 Å². The van der Waals surface area contributed by atoms with Crippen molar-refractivity contribution in [2.45, 2.75) is 0 Å². The summed E-state index contributed by atoms with van der Waals surface area (Å²) in [5, 5.41) is 25.3. The molecule has 24 rings (SSSR count). The SMILES string of the molecule is N#Cc1c(N(c2ccccc2)c2ccccc2)cc2c3c1N(c1ccccc1)c1ccccc1B3c1cc3c(cc1N2c1ccccc1)N(c1ccccc1)c1cc(N(c2ccccc2)c2ccc(-c4cccc(N5c6ccccc6B6c7ccccc7N(c7ccccc7)c7ccnc5c76)c4)cc2)c(C#N)c2c1B3c1ccccc1N2c1ccccc1. The predicted molar refractivity (Wildman–Crippen MR) is 511 cm³/mol. The van der Waals surface area contributed by atoms with Crippen LogP contribution in [0.3, 0.4) is 0 Å². The van der Waals surface area contributed by atoms with E-state index in [2.05, 4.69) is 458 Å². The molecule has 18 aromatic rings. The van der Waals surface area contributed by atoms with E-state index < -0.39 is 13.4 Å². The number of hydrogen-bond donors (Lipinski definition) is 0. The molecule has 0 unspecified atom stereocenters. The zero-order valence-electron chi connectivity index (χ0n) is 66.6. The molecule has 6 aliphatic rings. The topological polar surface area (TPSA) is 86.4 Å². The number of pyridine rings is 1. The average molecular weight is 1570 g/mol. The molecule has 570 valence electrons. The molecule has 6 aliphatic heterocycles. The molecule has 1 aromatic heterocycles. The van der Waals surface area contributed by atoms with Crippen LogP contribution in [-0.4, -0.2) is 25.1 Å². The first-order valence-corrected chi connectivity index (χ1v) is 41.8. The lowest BCUT2D eigenvalue weighted by atomic mass is 9.30. The molecule has 0 saturated heterocycles. The number of benzene rings is 17. The molecular formula is C109H70B3N11. The molecule has 0 N–H and O–H groups in total. The Morgan fingerprint density at radius 3 is 0.951 bits per heavy atom. The van der Waals surface area contributed by atoms with E-state index in [1.807, 2.05) is 18.3 Å². The maximum absolute atomic E-state index is 12.8. The maximum atomic E-state index is 12.8. The Hall–Kier alpha value is -16.5. The summed E-state index contributed by atoms with van der Waals surface area (Å²) in [6.45, 7) is -0.871. The number of nitrogens with zero attached hydrogens (tertiary/aromatic N) is 11. The van der Waals surface area contributed by atoms with Crippen molar-refractivity contribution < 1.29 is 0 Å². The predicted octanol–water partition coefficient (Wildman–Crippen LogP) is 21.7. The number of aromatic nitrogens is 1. The van der Waals surface area contributed by atoms with E-state index in [1.165, 1.54) is 10.9 Å². The van der Waals surface area contributed by atoms with Crippen LogP contribution in [0.25, 0.3) is 11.1 Å². The van der Waals surface area contributed by atoms with E-state index in [9.17, 15) is 10.5 Å². The van der Waals surface area contributed by atoms with Crippen LogP contribution in [0.2, 0.25) is 0 Å².